The second kappa shape index (κ2) is 10.3. The second-order valence-corrected chi connectivity index (χ2v) is 7.75. The average Bonchev–Trinajstić information content (AvgIpc) is 3.20. The molecule has 0 aliphatic heterocycles. The summed E-state index contributed by atoms with van der Waals surface area (Å²) in [7, 11) is 3.10. The van der Waals surface area contributed by atoms with Gasteiger partial charge in [0, 0.05) is 16.8 Å². The van der Waals surface area contributed by atoms with E-state index in [1.807, 2.05) is 49.4 Å². The number of nitrogens with zero attached hydrogens (tertiary/aromatic N) is 1. The third kappa shape index (κ3) is 4.97. The molecule has 1 aromatic heterocycles. The smallest absolute Gasteiger partial charge is 0.238 e. The summed E-state index contributed by atoms with van der Waals surface area (Å²) in [6.45, 7) is 2.51. The molecule has 0 bridgehead atoms. The number of carbonyl (C=O) groups is 2. The van der Waals surface area contributed by atoms with E-state index in [1.165, 1.54) is 0 Å². The van der Waals surface area contributed by atoms with Crippen molar-refractivity contribution < 1.29 is 23.5 Å². The van der Waals surface area contributed by atoms with Crippen molar-refractivity contribution in [2.75, 3.05) is 44.5 Å². The molecule has 2 amide bonds. The summed E-state index contributed by atoms with van der Waals surface area (Å²) < 4.78 is 16.7. The molecule has 0 saturated heterocycles. The summed E-state index contributed by atoms with van der Waals surface area (Å²) in [6, 6.07) is 18.5. The summed E-state index contributed by atoms with van der Waals surface area (Å²) in [5, 5.41) is 7.61. The van der Waals surface area contributed by atoms with E-state index in [2.05, 4.69) is 10.6 Å². The number of ether oxygens (including phenoxy) is 2. The molecule has 0 aliphatic rings. The Morgan fingerprint density at radius 3 is 2.15 bits per heavy atom. The van der Waals surface area contributed by atoms with Crippen molar-refractivity contribution >= 4 is 45.1 Å². The number of furan rings is 1. The van der Waals surface area contributed by atoms with Crippen molar-refractivity contribution in [2.24, 2.45) is 0 Å². The molecular weight excluding hydrogens is 434 g/mol. The van der Waals surface area contributed by atoms with Gasteiger partial charge in [0.25, 0.3) is 0 Å². The highest BCUT2D eigenvalue weighted by Crippen LogP contribution is 2.36. The van der Waals surface area contributed by atoms with Gasteiger partial charge in [-0.3, -0.25) is 14.5 Å². The number of carbonyl (C=O) groups excluding carboxylic acids is 2. The highest BCUT2D eigenvalue weighted by atomic mass is 16.5. The molecule has 4 rings (SSSR count). The molecule has 1 heterocycles. The van der Waals surface area contributed by atoms with Crippen molar-refractivity contribution in [3.8, 4) is 11.5 Å². The molecule has 0 fully saturated rings. The number of likely N-dealkylation sites (N-methyl/N-ethyl adjacent to an activating group) is 1. The molecule has 34 heavy (non-hydrogen) atoms. The molecule has 4 aromatic rings. The lowest BCUT2D eigenvalue weighted by Crippen LogP contribution is -2.38. The summed E-state index contributed by atoms with van der Waals surface area (Å²) >= 11 is 0. The lowest BCUT2D eigenvalue weighted by Gasteiger charge is -2.20. The molecule has 8 nitrogen and oxygen atoms in total. The molecule has 3 aromatic carbocycles. The van der Waals surface area contributed by atoms with E-state index >= 15 is 0 Å². The molecule has 0 aliphatic carbocycles. The normalized spacial score (nSPS) is 11.1. The van der Waals surface area contributed by atoms with E-state index in [1.54, 1.807) is 37.3 Å². The number of para-hydroxylation sites is 3. The summed E-state index contributed by atoms with van der Waals surface area (Å²) in [4.78, 5) is 27.1. The van der Waals surface area contributed by atoms with Crippen molar-refractivity contribution in [3.05, 3.63) is 60.7 Å². The Bertz CT molecular complexity index is 1330. The number of benzene rings is 3. The Labute approximate surface area is 197 Å². The monoisotopic (exact) mass is 461 g/mol. The first kappa shape index (κ1) is 23.1. The molecule has 0 saturated carbocycles. The minimum absolute atomic E-state index is 0.0389. The van der Waals surface area contributed by atoms with Gasteiger partial charge in [-0.05, 0) is 30.8 Å². The van der Waals surface area contributed by atoms with Crippen LogP contribution in [0.4, 0.5) is 11.4 Å². The number of rotatable bonds is 9. The van der Waals surface area contributed by atoms with Crippen LogP contribution in [0.25, 0.3) is 21.9 Å². The zero-order valence-electron chi connectivity index (χ0n) is 19.4. The molecule has 0 unspecified atom stereocenters. The zero-order valence-corrected chi connectivity index (χ0v) is 19.4. The van der Waals surface area contributed by atoms with Gasteiger partial charge in [-0.2, -0.15) is 0 Å². The predicted molar refractivity (Wildman–Crippen MR) is 133 cm³/mol. The van der Waals surface area contributed by atoms with Crippen molar-refractivity contribution in [1.29, 1.82) is 0 Å². The van der Waals surface area contributed by atoms with E-state index in [0.717, 1.165) is 16.4 Å². The third-order valence-electron chi connectivity index (χ3n) is 5.54. The highest BCUT2D eigenvalue weighted by molar-refractivity contribution is 6.08. The molecule has 0 spiro atoms. The topological polar surface area (TPSA) is 93.0 Å². The number of hydrogen-bond donors (Lipinski definition) is 2. The van der Waals surface area contributed by atoms with Gasteiger partial charge in [-0.15, -0.1) is 0 Å². The van der Waals surface area contributed by atoms with Gasteiger partial charge in [-0.1, -0.05) is 37.3 Å². The van der Waals surface area contributed by atoms with Gasteiger partial charge in [0.15, 0.2) is 0 Å². The summed E-state index contributed by atoms with van der Waals surface area (Å²) in [5.41, 5.74) is 2.51. The van der Waals surface area contributed by atoms with Crippen molar-refractivity contribution in [2.45, 2.75) is 6.92 Å². The Balaban J connectivity index is 1.44. The largest absolute Gasteiger partial charge is 0.495 e. The van der Waals surface area contributed by atoms with E-state index in [9.17, 15) is 9.59 Å². The van der Waals surface area contributed by atoms with Crippen LogP contribution in [-0.2, 0) is 9.59 Å². The fourth-order valence-electron chi connectivity index (χ4n) is 3.83. The lowest BCUT2D eigenvalue weighted by atomic mass is 10.1. The van der Waals surface area contributed by atoms with E-state index < -0.39 is 0 Å². The maximum absolute atomic E-state index is 12.8. The number of nitrogens with one attached hydrogen (secondary N) is 2. The SMILES string of the molecule is CCN(CC(=O)Nc1ccccc1OC)CC(=O)Nc1cc2oc3ccccc3c2cc1OC. The Morgan fingerprint density at radius 1 is 0.794 bits per heavy atom. The second-order valence-electron chi connectivity index (χ2n) is 7.75. The van der Waals surface area contributed by atoms with Crippen molar-refractivity contribution in [1.82, 2.24) is 4.90 Å². The molecule has 0 atom stereocenters. The minimum Gasteiger partial charge on any atom is -0.495 e. The Hall–Kier alpha value is -4.04. The van der Waals surface area contributed by atoms with Gasteiger partial charge in [0.2, 0.25) is 11.8 Å². The molecule has 0 radical (unpaired) electrons. The fourth-order valence-corrected chi connectivity index (χ4v) is 3.83. The lowest BCUT2D eigenvalue weighted by molar-refractivity contribution is -0.119. The molecule has 2 N–H and O–H groups in total. The van der Waals surface area contributed by atoms with Crippen LogP contribution in [0.2, 0.25) is 0 Å². The average molecular weight is 462 g/mol. The molecule has 176 valence electrons. The van der Waals surface area contributed by atoms with Crippen LogP contribution >= 0.6 is 0 Å². The zero-order chi connectivity index (χ0) is 24.1. The van der Waals surface area contributed by atoms with Crippen LogP contribution in [0, 0.1) is 0 Å². The summed E-state index contributed by atoms with van der Waals surface area (Å²) in [6.07, 6.45) is 0. The maximum Gasteiger partial charge on any atom is 0.238 e. The van der Waals surface area contributed by atoms with Crippen LogP contribution in [0.3, 0.4) is 0 Å². The number of hydrogen-bond acceptors (Lipinski definition) is 6. The van der Waals surface area contributed by atoms with Crippen LogP contribution in [0.1, 0.15) is 6.92 Å². The Kier molecular flexibility index (Phi) is 6.98. The van der Waals surface area contributed by atoms with E-state index in [0.29, 0.717) is 35.0 Å². The quantitative estimate of drug-likeness (QED) is 0.381. The number of methoxy groups -OCH3 is 2. The standard InChI is InChI=1S/C26H27N3O5/c1-4-29(15-25(30)27-19-10-6-8-12-22(19)32-2)16-26(31)28-20-14-23-18(13-24(20)33-3)17-9-5-7-11-21(17)34-23/h5-14H,4,15-16H2,1-3H3,(H,27,30)(H,28,31). The van der Waals surface area contributed by atoms with Crippen LogP contribution in [0.5, 0.6) is 11.5 Å². The maximum atomic E-state index is 12.8. The van der Waals surface area contributed by atoms with E-state index in [-0.39, 0.29) is 24.9 Å². The molecular formula is C26H27N3O5. The third-order valence-corrected chi connectivity index (χ3v) is 5.54. The van der Waals surface area contributed by atoms with Crippen LogP contribution in [0.15, 0.2) is 65.1 Å². The van der Waals surface area contributed by atoms with Gasteiger partial charge in [0.1, 0.15) is 22.7 Å². The van der Waals surface area contributed by atoms with E-state index in [4.69, 9.17) is 13.9 Å². The number of amides is 2. The number of anilines is 2. The highest BCUT2D eigenvalue weighted by Gasteiger charge is 2.17. The van der Waals surface area contributed by atoms with Gasteiger partial charge < -0.3 is 24.5 Å². The first-order valence-corrected chi connectivity index (χ1v) is 11.0. The fraction of sp³-hybridized carbons (Fsp3) is 0.231. The first-order valence-electron chi connectivity index (χ1n) is 11.0. The van der Waals surface area contributed by atoms with Gasteiger partial charge >= 0.3 is 0 Å². The van der Waals surface area contributed by atoms with Crippen LogP contribution < -0.4 is 20.1 Å². The Morgan fingerprint density at radius 2 is 1.44 bits per heavy atom. The summed E-state index contributed by atoms with van der Waals surface area (Å²) in [5.74, 6) is 0.607. The van der Waals surface area contributed by atoms with Gasteiger partial charge in [0.05, 0.1) is 38.7 Å². The predicted octanol–water partition coefficient (Wildman–Crippen LogP) is 4.50. The number of fused-ring (bicyclic) bond motifs is 3. The molecule has 8 heteroatoms. The minimum atomic E-state index is -0.263. The van der Waals surface area contributed by atoms with Crippen LogP contribution in [-0.4, -0.2) is 50.6 Å². The van der Waals surface area contributed by atoms with Crippen molar-refractivity contribution in [3.63, 3.8) is 0 Å². The first-order chi connectivity index (χ1) is 16.5. The van der Waals surface area contributed by atoms with Gasteiger partial charge in [-0.25, -0.2) is 0 Å².